The molecule has 0 aliphatic carbocycles. The first-order chi connectivity index (χ1) is 14.9. The smallest absolute Gasteiger partial charge is 0.243 e. The number of sulfonamides is 1. The molecule has 1 fully saturated rings. The van der Waals surface area contributed by atoms with E-state index in [1.54, 1.807) is 30.3 Å². The highest BCUT2D eigenvalue weighted by Gasteiger charge is 2.26. The second-order valence-electron chi connectivity index (χ2n) is 7.25. The van der Waals surface area contributed by atoms with Gasteiger partial charge in [-0.1, -0.05) is 12.5 Å². The molecular weight excluding hydrogens is 420 g/mol. The minimum Gasteiger partial charge on any atom is -0.493 e. The van der Waals surface area contributed by atoms with Crippen LogP contribution in [0.25, 0.3) is 0 Å². The van der Waals surface area contributed by atoms with Crippen LogP contribution >= 0.6 is 0 Å². The lowest BCUT2D eigenvalue weighted by atomic mass is 10.1. The Morgan fingerprint density at radius 3 is 2.19 bits per heavy atom. The molecule has 9 heteroatoms. The van der Waals surface area contributed by atoms with Crippen LogP contribution in [0.5, 0.6) is 17.2 Å². The molecule has 168 valence electrons. The van der Waals surface area contributed by atoms with E-state index in [-0.39, 0.29) is 17.2 Å². The van der Waals surface area contributed by atoms with Crippen LogP contribution in [0.15, 0.2) is 41.3 Å². The molecule has 0 radical (unpaired) electrons. The average Bonchev–Trinajstić information content (AvgIpc) is 2.79. The number of hydrogen-bond donors (Lipinski definition) is 1. The van der Waals surface area contributed by atoms with E-state index in [1.165, 1.54) is 31.7 Å². The fourth-order valence-corrected chi connectivity index (χ4v) is 5.18. The summed E-state index contributed by atoms with van der Waals surface area (Å²) in [7, 11) is 0.960. The van der Waals surface area contributed by atoms with Crippen LogP contribution in [0, 0.1) is 0 Å². The number of nitrogens with one attached hydrogen (secondary N) is 1. The molecule has 1 amide bonds. The number of hydrogen-bond acceptors (Lipinski definition) is 6. The molecule has 1 aliphatic heterocycles. The van der Waals surface area contributed by atoms with Crippen molar-refractivity contribution in [2.45, 2.75) is 30.6 Å². The van der Waals surface area contributed by atoms with Crippen LogP contribution in [0.1, 0.15) is 24.8 Å². The molecule has 31 heavy (non-hydrogen) atoms. The van der Waals surface area contributed by atoms with Crippen LogP contribution in [0.4, 0.5) is 5.69 Å². The van der Waals surface area contributed by atoms with Crippen molar-refractivity contribution in [3.63, 3.8) is 0 Å². The normalized spacial score (nSPS) is 14.7. The van der Waals surface area contributed by atoms with Gasteiger partial charge in [-0.05, 0) is 48.7 Å². The van der Waals surface area contributed by atoms with Crippen LogP contribution in [-0.4, -0.2) is 53.0 Å². The van der Waals surface area contributed by atoms with Gasteiger partial charge in [0.05, 0.1) is 32.6 Å². The molecule has 0 bridgehead atoms. The van der Waals surface area contributed by atoms with Crippen LogP contribution in [-0.2, 0) is 21.2 Å². The molecule has 1 aliphatic rings. The van der Waals surface area contributed by atoms with Crippen molar-refractivity contribution >= 4 is 21.6 Å². The topological polar surface area (TPSA) is 94.2 Å². The maximum Gasteiger partial charge on any atom is 0.243 e. The van der Waals surface area contributed by atoms with E-state index >= 15 is 0 Å². The van der Waals surface area contributed by atoms with Crippen LogP contribution in [0.3, 0.4) is 0 Å². The first-order valence-electron chi connectivity index (χ1n) is 10.1. The monoisotopic (exact) mass is 448 g/mol. The first-order valence-corrected chi connectivity index (χ1v) is 11.5. The van der Waals surface area contributed by atoms with E-state index in [1.807, 2.05) is 0 Å². The molecular formula is C22H28N2O6S. The average molecular weight is 449 g/mol. The maximum atomic E-state index is 12.9. The summed E-state index contributed by atoms with van der Waals surface area (Å²) in [5, 5.41) is 2.77. The van der Waals surface area contributed by atoms with E-state index in [2.05, 4.69) is 5.32 Å². The van der Waals surface area contributed by atoms with E-state index in [4.69, 9.17) is 14.2 Å². The van der Waals surface area contributed by atoms with Crippen molar-refractivity contribution in [3.05, 3.63) is 42.0 Å². The quantitative estimate of drug-likeness (QED) is 0.667. The number of methoxy groups -OCH3 is 3. The van der Waals surface area contributed by atoms with Gasteiger partial charge in [0.2, 0.25) is 21.7 Å². The third kappa shape index (κ3) is 5.29. The molecule has 0 aromatic heterocycles. The number of nitrogens with zero attached hydrogens (tertiary/aromatic N) is 1. The molecule has 8 nitrogen and oxygen atoms in total. The van der Waals surface area contributed by atoms with Gasteiger partial charge in [0, 0.05) is 18.8 Å². The molecule has 0 spiro atoms. The number of piperidine rings is 1. The highest BCUT2D eigenvalue weighted by atomic mass is 32.2. The Labute approximate surface area is 183 Å². The Hall–Kier alpha value is -2.78. The highest BCUT2D eigenvalue weighted by molar-refractivity contribution is 7.89. The predicted octanol–water partition coefficient (Wildman–Crippen LogP) is 3.07. The van der Waals surface area contributed by atoms with E-state index < -0.39 is 10.0 Å². The van der Waals surface area contributed by atoms with E-state index in [0.29, 0.717) is 41.6 Å². The molecule has 1 N–H and O–H groups in total. The minimum absolute atomic E-state index is 0.0554. The summed E-state index contributed by atoms with van der Waals surface area (Å²) in [5.74, 6) is 1.07. The number of ether oxygens (including phenoxy) is 3. The number of carbonyl (C=O) groups is 1. The zero-order chi connectivity index (χ0) is 22.4. The zero-order valence-electron chi connectivity index (χ0n) is 18.0. The fraction of sp³-hybridized carbons (Fsp3) is 0.409. The molecule has 0 unspecified atom stereocenters. The van der Waals surface area contributed by atoms with E-state index in [9.17, 15) is 13.2 Å². The van der Waals surface area contributed by atoms with Crippen molar-refractivity contribution in [2.24, 2.45) is 0 Å². The Bertz CT molecular complexity index is 1010. The second kappa shape index (κ2) is 10.0. The third-order valence-electron chi connectivity index (χ3n) is 5.16. The van der Waals surface area contributed by atoms with Crippen LogP contribution < -0.4 is 19.5 Å². The summed E-state index contributed by atoms with van der Waals surface area (Å²) in [5.41, 5.74) is 1.10. The van der Waals surface area contributed by atoms with Crippen molar-refractivity contribution in [1.82, 2.24) is 4.31 Å². The van der Waals surface area contributed by atoms with Crippen molar-refractivity contribution in [1.29, 1.82) is 0 Å². The Morgan fingerprint density at radius 2 is 1.61 bits per heavy atom. The highest BCUT2D eigenvalue weighted by Crippen LogP contribution is 2.38. The number of carbonyl (C=O) groups excluding carboxylic acids is 1. The van der Waals surface area contributed by atoms with Gasteiger partial charge in [-0.3, -0.25) is 4.79 Å². The van der Waals surface area contributed by atoms with Gasteiger partial charge in [0.15, 0.2) is 11.5 Å². The van der Waals surface area contributed by atoms with Gasteiger partial charge >= 0.3 is 0 Å². The Balaban J connectivity index is 1.75. The first kappa shape index (κ1) is 22.9. The molecule has 2 aromatic rings. The summed E-state index contributed by atoms with van der Waals surface area (Å²) >= 11 is 0. The number of benzene rings is 2. The molecule has 1 saturated heterocycles. The standard InChI is InChI=1S/C22H28N2O6S/c1-28-19-12-16(13-20(29-2)22(19)30-3)14-21(25)23-17-8-7-9-18(15-17)31(26,27)24-10-5-4-6-11-24/h7-9,12-13,15H,4-6,10-11,14H2,1-3H3,(H,23,25). The molecule has 0 saturated carbocycles. The predicted molar refractivity (Wildman–Crippen MR) is 117 cm³/mol. The summed E-state index contributed by atoms with van der Waals surface area (Å²) in [6, 6.07) is 9.76. The molecule has 2 aromatic carbocycles. The Kier molecular flexibility index (Phi) is 7.40. The zero-order valence-corrected chi connectivity index (χ0v) is 18.8. The lowest BCUT2D eigenvalue weighted by Gasteiger charge is -2.26. The third-order valence-corrected chi connectivity index (χ3v) is 7.05. The van der Waals surface area contributed by atoms with Gasteiger partial charge in [-0.15, -0.1) is 0 Å². The molecule has 3 rings (SSSR count). The largest absolute Gasteiger partial charge is 0.493 e. The Morgan fingerprint density at radius 1 is 0.968 bits per heavy atom. The minimum atomic E-state index is -3.57. The molecule has 1 heterocycles. The molecule has 0 atom stereocenters. The SMILES string of the molecule is COc1cc(CC(=O)Nc2cccc(S(=O)(=O)N3CCCCC3)c2)cc(OC)c1OC. The van der Waals surface area contributed by atoms with Gasteiger partial charge in [0.1, 0.15) is 0 Å². The van der Waals surface area contributed by atoms with E-state index in [0.717, 1.165) is 19.3 Å². The van der Waals surface area contributed by atoms with Crippen molar-refractivity contribution in [3.8, 4) is 17.2 Å². The lowest BCUT2D eigenvalue weighted by Crippen LogP contribution is -2.35. The summed E-state index contributed by atoms with van der Waals surface area (Å²) in [4.78, 5) is 12.8. The fourth-order valence-electron chi connectivity index (χ4n) is 3.62. The van der Waals surface area contributed by atoms with Gasteiger partial charge in [0.25, 0.3) is 0 Å². The summed E-state index contributed by atoms with van der Waals surface area (Å²) < 4.78 is 43.2. The van der Waals surface area contributed by atoms with Crippen molar-refractivity contribution < 1.29 is 27.4 Å². The summed E-state index contributed by atoms with van der Waals surface area (Å²) in [6.45, 7) is 1.06. The number of rotatable bonds is 8. The lowest BCUT2D eigenvalue weighted by molar-refractivity contribution is -0.115. The number of anilines is 1. The van der Waals surface area contributed by atoms with Gasteiger partial charge < -0.3 is 19.5 Å². The second-order valence-corrected chi connectivity index (χ2v) is 9.19. The van der Waals surface area contributed by atoms with Gasteiger partial charge in [-0.2, -0.15) is 4.31 Å². The van der Waals surface area contributed by atoms with Crippen molar-refractivity contribution in [2.75, 3.05) is 39.7 Å². The van der Waals surface area contributed by atoms with Gasteiger partial charge in [-0.25, -0.2) is 8.42 Å². The van der Waals surface area contributed by atoms with Crippen LogP contribution in [0.2, 0.25) is 0 Å². The maximum absolute atomic E-state index is 12.9. The number of amides is 1. The summed E-state index contributed by atoms with van der Waals surface area (Å²) in [6.07, 6.45) is 2.83.